The highest BCUT2D eigenvalue weighted by Gasteiger charge is 2.22. The lowest BCUT2D eigenvalue weighted by Gasteiger charge is -2.28. The number of methoxy groups -OCH3 is 2. The number of amides is 3. The van der Waals surface area contributed by atoms with Gasteiger partial charge in [0.15, 0.2) is 11.5 Å². The molecule has 3 rings (SSSR count). The first kappa shape index (κ1) is 30.0. The molecule has 7 nitrogen and oxygen atoms in total. The molecule has 1 aromatic heterocycles. The molecule has 0 unspecified atom stereocenters. The maximum absolute atomic E-state index is 13.7. The van der Waals surface area contributed by atoms with Gasteiger partial charge in [-0.3, -0.25) is 4.79 Å². The number of thiophene rings is 1. The Balaban J connectivity index is 1.73. The summed E-state index contributed by atoms with van der Waals surface area (Å²) in [4.78, 5) is 31.4. The lowest BCUT2D eigenvalue weighted by molar-refractivity contribution is -0.132. The number of rotatable bonds is 13. The Hall–Kier alpha value is -3.52. The SMILES string of the molecule is CCCN(CC(=O)N(CCc1ccc(OC)c(OC)c1)Cc1sccc1C)C(=O)Nc1ccc(C(C)C)cc1. The van der Waals surface area contributed by atoms with Gasteiger partial charge in [0.25, 0.3) is 0 Å². The maximum Gasteiger partial charge on any atom is 0.322 e. The van der Waals surface area contributed by atoms with Crippen molar-refractivity contribution in [3.05, 3.63) is 75.5 Å². The van der Waals surface area contributed by atoms with Crippen molar-refractivity contribution in [3.63, 3.8) is 0 Å². The lowest BCUT2D eigenvalue weighted by atomic mass is 10.0. The van der Waals surface area contributed by atoms with E-state index in [1.807, 2.05) is 59.7 Å². The van der Waals surface area contributed by atoms with E-state index in [4.69, 9.17) is 9.47 Å². The number of ether oxygens (including phenoxy) is 2. The Morgan fingerprint density at radius 2 is 1.67 bits per heavy atom. The van der Waals surface area contributed by atoms with Gasteiger partial charge in [-0.1, -0.05) is 39.0 Å². The molecular weight excluding hydrogens is 510 g/mol. The summed E-state index contributed by atoms with van der Waals surface area (Å²) >= 11 is 1.64. The number of anilines is 1. The molecule has 8 heteroatoms. The van der Waals surface area contributed by atoms with E-state index in [0.29, 0.717) is 43.5 Å². The summed E-state index contributed by atoms with van der Waals surface area (Å²) in [6, 6.07) is 15.5. The zero-order chi connectivity index (χ0) is 28.4. The zero-order valence-electron chi connectivity index (χ0n) is 24.0. The third kappa shape index (κ3) is 8.48. The van der Waals surface area contributed by atoms with Gasteiger partial charge in [0.05, 0.1) is 20.8 Å². The van der Waals surface area contributed by atoms with E-state index in [1.165, 1.54) is 5.56 Å². The molecule has 0 aliphatic carbocycles. The number of hydrogen-bond acceptors (Lipinski definition) is 5. The molecule has 1 N–H and O–H groups in total. The highest BCUT2D eigenvalue weighted by molar-refractivity contribution is 7.10. The third-order valence-corrected chi connectivity index (χ3v) is 7.72. The molecule has 210 valence electrons. The minimum Gasteiger partial charge on any atom is -0.493 e. The molecule has 1 heterocycles. The molecule has 0 bridgehead atoms. The number of carbonyl (C=O) groups is 2. The van der Waals surface area contributed by atoms with E-state index in [-0.39, 0.29) is 18.5 Å². The predicted octanol–water partition coefficient (Wildman–Crippen LogP) is 6.71. The summed E-state index contributed by atoms with van der Waals surface area (Å²) in [5.41, 5.74) is 4.14. The van der Waals surface area contributed by atoms with E-state index < -0.39 is 0 Å². The quantitative estimate of drug-likeness (QED) is 0.256. The Kier molecular flexibility index (Phi) is 11.2. The molecule has 2 aromatic carbocycles. The molecule has 0 saturated carbocycles. The van der Waals surface area contributed by atoms with Crippen LogP contribution in [0.1, 0.15) is 54.7 Å². The summed E-state index contributed by atoms with van der Waals surface area (Å²) < 4.78 is 10.8. The second-order valence-electron chi connectivity index (χ2n) is 9.91. The van der Waals surface area contributed by atoms with Gasteiger partial charge in [-0.25, -0.2) is 4.79 Å². The Morgan fingerprint density at radius 3 is 2.26 bits per heavy atom. The number of urea groups is 1. The molecule has 0 aliphatic rings. The fourth-order valence-electron chi connectivity index (χ4n) is 4.27. The number of hydrogen-bond donors (Lipinski definition) is 1. The number of nitrogens with zero attached hydrogens (tertiary/aromatic N) is 2. The number of aryl methyl sites for hydroxylation is 1. The summed E-state index contributed by atoms with van der Waals surface area (Å²) in [7, 11) is 3.23. The normalized spacial score (nSPS) is 10.8. The molecule has 0 aliphatic heterocycles. The van der Waals surface area contributed by atoms with Gasteiger partial charge in [0.2, 0.25) is 5.91 Å². The molecule has 0 radical (unpaired) electrons. The van der Waals surface area contributed by atoms with Gasteiger partial charge < -0.3 is 24.6 Å². The van der Waals surface area contributed by atoms with Crippen LogP contribution in [0.15, 0.2) is 53.9 Å². The van der Waals surface area contributed by atoms with Crippen molar-refractivity contribution in [1.29, 1.82) is 0 Å². The van der Waals surface area contributed by atoms with Crippen molar-refractivity contribution < 1.29 is 19.1 Å². The van der Waals surface area contributed by atoms with Gasteiger partial charge >= 0.3 is 6.03 Å². The first-order valence-corrected chi connectivity index (χ1v) is 14.3. The topological polar surface area (TPSA) is 71.1 Å². The van der Waals surface area contributed by atoms with E-state index in [9.17, 15) is 9.59 Å². The molecule has 39 heavy (non-hydrogen) atoms. The van der Waals surface area contributed by atoms with Gasteiger partial charge in [-0.05, 0) is 78.1 Å². The van der Waals surface area contributed by atoms with Crippen LogP contribution in [-0.2, 0) is 17.8 Å². The minimum absolute atomic E-state index is 0.0140. The van der Waals surface area contributed by atoms with Crippen molar-refractivity contribution >= 4 is 29.0 Å². The zero-order valence-corrected chi connectivity index (χ0v) is 24.8. The average molecular weight is 552 g/mol. The van der Waals surface area contributed by atoms with E-state index in [0.717, 1.165) is 28.1 Å². The van der Waals surface area contributed by atoms with Gasteiger partial charge in [0, 0.05) is 23.7 Å². The van der Waals surface area contributed by atoms with E-state index >= 15 is 0 Å². The van der Waals surface area contributed by atoms with Gasteiger partial charge in [0.1, 0.15) is 6.54 Å². The fourth-order valence-corrected chi connectivity index (χ4v) is 5.19. The van der Waals surface area contributed by atoms with Crippen LogP contribution in [0.5, 0.6) is 11.5 Å². The Labute approximate surface area is 236 Å². The van der Waals surface area contributed by atoms with Crippen molar-refractivity contribution in [1.82, 2.24) is 9.80 Å². The van der Waals surface area contributed by atoms with Crippen LogP contribution in [0.25, 0.3) is 0 Å². The molecular formula is C31H41N3O4S. The maximum atomic E-state index is 13.7. The second-order valence-corrected chi connectivity index (χ2v) is 10.9. The first-order chi connectivity index (χ1) is 18.7. The fraction of sp³-hybridized carbons (Fsp3) is 0.419. The summed E-state index contributed by atoms with van der Waals surface area (Å²) in [6.07, 6.45) is 1.40. The molecule has 0 fully saturated rings. The van der Waals surface area contributed by atoms with Crippen molar-refractivity contribution in [2.75, 3.05) is 39.2 Å². The average Bonchev–Trinajstić information content (AvgIpc) is 3.34. The van der Waals surface area contributed by atoms with E-state index in [1.54, 1.807) is 30.5 Å². The van der Waals surface area contributed by atoms with Crippen LogP contribution < -0.4 is 14.8 Å². The van der Waals surface area contributed by atoms with Crippen LogP contribution in [0.2, 0.25) is 0 Å². The summed E-state index contributed by atoms with van der Waals surface area (Å²) in [5, 5.41) is 5.01. The van der Waals surface area contributed by atoms with Gasteiger partial charge in [-0.2, -0.15) is 0 Å². The first-order valence-electron chi connectivity index (χ1n) is 13.4. The highest BCUT2D eigenvalue weighted by atomic mass is 32.1. The van der Waals surface area contributed by atoms with Crippen LogP contribution in [0.3, 0.4) is 0 Å². The van der Waals surface area contributed by atoms with E-state index in [2.05, 4.69) is 32.2 Å². The number of benzene rings is 2. The largest absolute Gasteiger partial charge is 0.493 e. The molecule has 3 aromatic rings. The molecule has 0 spiro atoms. The predicted molar refractivity (Wildman–Crippen MR) is 159 cm³/mol. The van der Waals surface area contributed by atoms with Crippen molar-refractivity contribution in [2.24, 2.45) is 0 Å². The second kappa shape index (κ2) is 14.6. The lowest BCUT2D eigenvalue weighted by Crippen LogP contribution is -2.45. The van der Waals surface area contributed by atoms with Crippen LogP contribution in [-0.4, -0.2) is 55.6 Å². The van der Waals surface area contributed by atoms with Crippen LogP contribution in [0.4, 0.5) is 10.5 Å². The summed E-state index contributed by atoms with van der Waals surface area (Å²) in [5.74, 6) is 1.67. The van der Waals surface area contributed by atoms with Crippen LogP contribution >= 0.6 is 11.3 Å². The number of nitrogens with one attached hydrogen (secondary N) is 1. The summed E-state index contributed by atoms with van der Waals surface area (Å²) in [6.45, 7) is 9.87. The minimum atomic E-state index is -0.269. The monoisotopic (exact) mass is 551 g/mol. The Morgan fingerprint density at radius 1 is 0.949 bits per heavy atom. The standard InChI is InChI=1S/C31H41N3O4S/c1-7-16-34(31(36)32-26-11-9-25(10-12-26)22(2)3)21-30(35)33(20-29-23(4)15-18-39-29)17-14-24-8-13-27(37-5)28(19-24)38-6/h8-13,15,18-19,22H,7,14,16-17,20-21H2,1-6H3,(H,32,36). The number of carbonyl (C=O) groups excluding carboxylic acids is 2. The van der Waals surface area contributed by atoms with Crippen molar-refractivity contribution in [2.45, 2.75) is 53.0 Å². The smallest absolute Gasteiger partial charge is 0.322 e. The van der Waals surface area contributed by atoms with Gasteiger partial charge in [-0.15, -0.1) is 11.3 Å². The molecule has 0 atom stereocenters. The Bertz CT molecular complexity index is 1220. The third-order valence-electron chi connectivity index (χ3n) is 6.71. The van der Waals surface area contributed by atoms with Crippen LogP contribution in [0, 0.1) is 6.92 Å². The molecule has 3 amide bonds. The van der Waals surface area contributed by atoms with Crippen molar-refractivity contribution in [3.8, 4) is 11.5 Å². The molecule has 0 saturated heterocycles. The highest BCUT2D eigenvalue weighted by Crippen LogP contribution is 2.28.